The molecule has 1 aliphatic heterocycles. The summed E-state index contributed by atoms with van der Waals surface area (Å²) in [5.41, 5.74) is 4.30. The third kappa shape index (κ3) is 3.67. The second kappa shape index (κ2) is 7.63. The fraction of sp³-hybridized carbons (Fsp3) is 0.409. The van der Waals surface area contributed by atoms with Crippen molar-refractivity contribution >= 4 is 28.1 Å². The number of fused-ring (bicyclic) bond motifs is 2. The topological polar surface area (TPSA) is 57.9 Å². The van der Waals surface area contributed by atoms with Crippen LogP contribution < -0.4 is 0 Å². The van der Waals surface area contributed by atoms with E-state index in [0.29, 0.717) is 13.1 Å². The van der Waals surface area contributed by atoms with Gasteiger partial charge in [0, 0.05) is 31.6 Å². The molecule has 0 bridgehead atoms. The SMILES string of the molecule is CC(=O)N1CCc2ccccc2C1CC(=O)N(C)Cc1c(C)nc2sc(C)cn12. The lowest BCUT2D eigenvalue weighted by Crippen LogP contribution is -2.41. The zero-order valence-corrected chi connectivity index (χ0v) is 18.1. The van der Waals surface area contributed by atoms with Crippen LogP contribution in [0.15, 0.2) is 30.5 Å². The van der Waals surface area contributed by atoms with E-state index in [1.165, 1.54) is 10.4 Å². The van der Waals surface area contributed by atoms with Crippen molar-refractivity contribution in [2.45, 2.75) is 46.2 Å². The van der Waals surface area contributed by atoms with Crippen molar-refractivity contribution in [1.29, 1.82) is 0 Å². The first-order chi connectivity index (χ1) is 13.8. The number of nitrogens with zero attached hydrogens (tertiary/aromatic N) is 4. The first kappa shape index (κ1) is 19.6. The Hall–Kier alpha value is -2.67. The smallest absolute Gasteiger partial charge is 0.225 e. The highest BCUT2D eigenvalue weighted by atomic mass is 32.1. The van der Waals surface area contributed by atoms with E-state index in [4.69, 9.17) is 0 Å². The third-order valence-electron chi connectivity index (χ3n) is 5.74. The van der Waals surface area contributed by atoms with E-state index in [9.17, 15) is 9.59 Å². The number of amides is 2. The van der Waals surface area contributed by atoms with Crippen molar-refractivity contribution in [1.82, 2.24) is 19.2 Å². The maximum Gasteiger partial charge on any atom is 0.225 e. The summed E-state index contributed by atoms with van der Waals surface area (Å²) in [6.07, 6.45) is 3.19. The molecule has 1 aromatic carbocycles. The molecular formula is C22H26N4O2S. The lowest BCUT2D eigenvalue weighted by Gasteiger charge is -2.37. The van der Waals surface area contributed by atoms with Crippen LogP contribution in [0.3, 0.4) is 0 Å². The number of carbonyl (C=O) groups is 2. The molecule has 2 aromatic heterocycles. The Morgan fingerprint density at radius 2 is 2.03 bits per heavy atom. The second-order valence-corrected chi connectivity index (χ2v) is 8.98. The molecule has 0 saturated carbocycles. The van der Waals surface area contributed by atoms with Gasteiger partial charge in [-0.05, 0) is 31.4 Å². The lowest BCUT2D eigenvalue weighted by molar-refractivity contribution is -0.136. The van der Waals surface area contributed by atoms with Crippen LogP contribution in [0.2, 0.25) is 0 Å². The summed E-state index contributed by atoms with van der Waals surface area (Å²) in [7, 11) is 1.83. The number of aromatic nitrogens is 2. The average Bonchev–Trinajstić information content (AvgIpc) is 3.17. The molecule has 4 rings (SSSR count). The summed E-state index contributed by atoms with van der Waals surface area (Å²) in [5, 5.41) is 0. The predicted molar refractivity (Wildman–Crippen MR) is 114 cm³/mol. The van der Waals surface area contributed by atoms with Crippen molar-refractivity contribution in [3.8, 4) is 0 Å². The van der Waals surface area contributed by atoms with E-state index in [1.807, 2.05) is 37.1 Å². The predicted octanol–water partition coefficient (Wildman–Crippen LogP) is 3.51. The molecule has 152 valence electrons. The van der Waals surface area contributed by atoms with Crippen LogP contribution in [0.5, 0.6) is 0 Å². The number of hydrogen-bond acceptors (Lipinski definition) is 4. The highest BCUT2D eigenvalue weighted by molar-refractivity contribution is 7.17. The molecular weight excluding hydrogens is 384 g/mol. The molecule has 3 heterocycles. The van der Waals surface area contributed by atoms with Crippen LogP contribution in [0.25, 0.3) is 4.96 Å². The van der Waals surface area contributed by atoms with Crippen LogP contribution in [0.4, 0.5) is 0 Å². The van der Waals surface area contributed by atoms with Gasteiger partial charge >= 0.3 is 0 Å². The second-order valence-electron chi connectivity index (χ2n) is 7.77. The fourth-order valence-electron chi connectivity index (χ4n) is 4.18. The van der Waals surface area contributed by atoms with Crippen LogP contribution >= 0.6 is 11.3 Å². The number of rotatable bonds is 4. The van der Waals surface area contributed by atoms with Gasteiger partial charge in [-0.1, -0.05) is 24.3 Å². The number of benzene rings is 1. The number of thiazole rings is 1. The number of aryl methyl sites for hydroxylation is 2. The van der Waals surface area contributed by atoms with Gasteiger partial charge in [-0.3, -0.25) is 14.0 Å². The van der Waals surface area contributed by atoms with E-state index in [-0.39, 0.29) is 24.3 Å². The summed E-state index contributed by atoms with van der Waals surface area (Å²) in [4.78, 5) is 35.7. The molecule has 0 radical (unpaired) electrons. The molecule has 0 saturated heterocycles. The highest BCUT2D eigenvalue weighted by Crippen LogP contribution is 2.33. The lowest BCUT2D eigenvalue weighted by atomic mass is 9.90. The van der Waals surface area contributed by atoms with Crippen LogP contribution in [0, 0.1) is 13.8 Å². The molecule has 7 heteroatoms. The number of hydrogen-bond donors (Lipinski definition) is 0. The Bertz CT molecular complexity index is 1080. The van der Waals surface area contributed by atoms with E-state index in [2.05, 4.69) is 28.6 Å². The molecule has 1 atom stereocenters. The minimum atomic E-state index is -0.206. The molecule has 0 fully saturated rings. The molecule has 1 unspecified atom stereocenters. The summed E-state index contributed by atoms with van der Waals surface area (Å²) >= 11 is 1.65. The van der Waals surface area contributed by atoms with Crippen LogP contribution in [-0.2, 0) is 22.6 Å². The standard InChI is InChI=1S/C22H26N4O2S/c1-14-12-26-20(15(2)23-22(26)29-14)13-24(4)21(28)11-19-18-8-6-5-7-17(18)9-10-25(19)16(3)27/h5-8,12,19H,9-11,13H2,1-4H3. The Kier molecular flexibility index (Phi) is 5.17. The molecule has 0 spiro atoms. The minimum absolute atomic E-state index is 0.0158. The normalized spacial score (nSPS) is 16.1. The Morgan fingerprint density at radius 1 is 1.28 bits per heavy atom. The molecule has 6 nitrogen and oxygen atoms in total. The summed E-state index contributed by atoms with van der Waals surface area (Å²) < 4.78 is 2.08. The van der Waals surface area contributed by atoms with Gasteiger partial charge in [0.05, 0.1) is 30.4 Å². The quantitative estimate of drug-likeness (QED) is 0.661. The molecule has 29 heavy (non-hydrogen) atoms. The number of imidazole rings is 1. The summed E-state index contributed by atoms with van der Waals surface area (Å²) in [6.45, 7) is 6.78. The Balaban J connectivity index is 1.56. The van der Waals surface area contributed by atoms with Crippen molar-refractivity contribution in [2.75, 3.05) is 13.6 Å². The van der Waals surface area contributed by atoms with Crippen molar-refractivity contribution in [3.63, 3.8) is 0 Å². The first-order valence-corrected chi connectivity index (χ1v) is 10.7. The highest BCUT2D eigenvalue weighted by Gasteiger charge is 2.31. The van der Waals surface area contributed by atoms with E-state index in [1.54, 1.807) is 23.2 Å². The Morgan fingerprint density at radius 3 is 2.79 bits per heavy atom. The monoisotopic (exact) mass is 410 g/mol. The fourth-order valence-corrected chi connectivity index (χ4v) is 5.07. The summed E-state index contributed by atoms with van der Waals surface area (Å²) in [5.74, 6) is 0.0429. The Labute approximate surface area is 174 Å². The molecule has 0 aliphatic carbocycles. The summed E-state index contributed by atoms with van der Waals surface area (Å²) in [6, 6.07) is 7.93. The van der Waals surface area contributed by atoms with Crippen molar-refractivity contribution < 1.29 is 9.59 Å². The largest absolute Gasteiger partial charge is 0.340 e. The van der Waals surface area contributed by atoms with Gasteiger partial charge in [-0.25, -0.2) is 4.98 Å². The zero-order valence-electron chi connectivity index (χ0n) is 17.3. The van der Waals surface area contributed by atoms with Crippen molar-refractivity contribution in [3.05, 3.63) is 57.9 Å². The molecule has 3 aromatic rings. The van der Waals surface area contributed by atoms with E-state index < -0.39 is 0 Å². The van der Waals surface area contributed by atoms with Gasteiger partial charge in [-0.15, -0.1) is 11.3 Å². The van der Waals surface area contributed by atoms with Crippen molar-refractivity contribution in [2.24, 2.45) is 0 Å². The maximum atomic E-state index is 13.1. The van der Waals surface area contributed by atoms with E-state index in [0.717, 1.165) is 28.3 Å². The van der Waals surface area contributed by atoms with E-state index >= 15 is 0 Å². The zero-order chi connectivity index (χ0) is 20.7. The average molecular weight is 411 g/mol. The van der Waals surface area contributed by atoms with Crippen LogP contribution in [-0.4, -0.2) is 44.6 Å². The maximum absolute atomic E-state index is 13.1. The number of carbonyl (C=O) groups excluding carboxylic acids is 2. The van der Waals surface area contributed by atoms with Gasteiger partial charge < -0.3 is 9.80 Å². The van der Waals surface area contributed by atoms with Gasteiger partial charge in [-0.2, -0.15) is 0 Å². The van der Waals surface area contributed by atoms with Gasteiger partial charge in [0.25, 0.3) is 0 Å². The van der Waals surface area contributed by atoms with Crippen LogP contribution in [0.1, 0.15) is 46.8 Å². The molecule has 1 aliphatic rings. The van der Waals surface area contributed by atoms with Gasteiger partial charge in [0.1, 0.15) is 0 Å². The molecule has 0 N–H and O–H groups in total. The van der Waals surface area contributed by atoms with Gasteiger partial charge in [0.15, 0.2) is 4.96 Å². The first-order valence-electron chi connectivity index (χ1n) is 9.88. The van der Waals surface area contributed by atoms with Gasteiger partial charge in [0.2, 0.25) is 11.8 Å². The molecule has 2 amide bonds. The third-order valence-corrected chi connectivity index (χ3v) is 6.64. The minimum Gasteiger partial charge on any atom is -0.340 e.